The number of rotatable bonds is 3. The molecule has 0 amide bonds. The van der Waals surface area contributed by atoms with Crippen molar-refractivity contribution >= 4 is 11.4 Å². The zero-order valence-corrected chi connectivity index (χ0v) is 8.88. The van der Waals surface area contributed by atoms with Gasteiger partial charge < -0.3 is 11.1 Å². The summed E-state index contributed by atoms with van der Waals surface area (Å²) in [5, 5.41) is 3.41. The second kappa shape index (κ2) is 3.52. The molecule has 1 aromatic rings. The van der Waals surface area contributed by atoms with Crippen LogP contribution in [0.2, 0.25) is 0 Å². The van der Waals surface area contributed by atoms with Gasteiger partial charge >= 0.3 is 0 Å². The van der Waals surface area contributed by atoms with Crippen molar-refractivity contribution in [2.45, 2.75) is 20.3 Å². The maximum atomic E-state index is 5.90. The molecule has 2 atom stereocenters. The predicted molar refractivity (Wildman–Crippen MR) is 61.4 cm³/mol. The number of nitrogens with two attached hydrogens (primary N) is 1. The van der Waals surface area contributed by atoms with Gasteiger partial charge in [0, 0.05) is 6.54 Å². The molecular weight excluding hydrogens is 172 g/mol. The number of nitrogens with one attached hydrogen (secondary N) is 1. The summed E-state index contributed by atoms with van der Waals surface area (Å²) in [4.78, 5) is 0. The number of benzene rings is 1. The molecule has 2 nitrogen and oxygen atoms in total. The van der Waals surface area contributed by atoms with Crippen LogP contribution < -0.4 is 11.1 Å². The molecule has 76 valence electrons. The first kappa shape index (κ1) is 9.38. The number of nitrogen functional groups attached to an aromatic ring is 1. The highest BCUT2D eigenvalue weighted by atomic mass is 14.9. The summed E-state index contributed by atoms with van der Waals surface area (Å²) < 4.78 is 0. The first-order valence-corrected chi connectivity index (χ1v) is 5.27. The van der Waals surface area contributed by atoms with Gasteiger partial charge in [-0.05, 0) is 42.9 Å². The Labute approximate surface area is 85.5 Å². The fraction of sp³-hybridized carbons (Fsp3) is 0.500. The standard InChI is InChI=1S/C12H18N2/c1-8-3-4-12(11(13)5-8)14-7-10-6-9(10)2/h3-5,9-10,14H,6-7,13H2,1-2H3. The number of aryl methyl sites for hydroxylation is 1. The van der Waals surface area contributed by atoms with Gasteiger partial charge in [0.15, 0.2) is 0 Å². The molecule has 0 saturated heterocycles. The molecule has 2 unspecified atom stereocenters. The van der Waals surface area contributed by atoms with Crippen LogP contribution in [-0.4, -0.2) is 6.54 Å². The van der Waals surface area contributed by atoms with Crippen LogP contribution in [0, 0.1) is 18.8 Å². The van der Waals surface area contributed by atoms with E-state index in [1.807, 2.05) is 6.07 Å². The molecule has 0 spiro atoms. The SMILES string of the molecule is Cc1ccc(NCC2CC2C)c(N)c1. The van der Waals surface area contributed by atoms with Gasteiger partial charge in [-0.3, -0.25) is 0 Å². The molecule has 14 heavy (non-hydrogen) atoms. The van der Waals surface area contributed by atoms with E-state index in [4.69, 9.17) is 5.73 Å². The molecule has 2 heteroatoms. The fourth-order valence-corrected chi connectivity index (χ4v) is 1.77. The molecule has 1 saturated carbocycles. The summed E-state index contributed by atoms with van der Waals surface area (Å²) in [5.41, 5.74) is 9.05. The highest BCUT2D eigenvalue weighted by Gasteiger charge is 2.31. The number of hydrogen-bond acceptors (Lipinski definition) is 2. The highest BCUT2D eigenvalue weighted by Crippen LogP contribution is 2.37. The van der Waals surface area contributed by atoms with E-state index in [0.717, 1.165) is 29.8 Å². The van der Waals surface area contributed by atoms with E-state index >= 15 is 0 Å². The minimum Gasteiger partial charge on any atom is -0.397 e. The van der Waals surface area contributed by atoms with Crippen molar-refractivity contribution in [1.29, 1.82) is 0 Å². The van der Waals surface area contributed by atoms with Gasteiger partial charge in [-0.2, -0.15) is 0 Å². The van der Waals surface area contributed by atoms with Crippen molar-refractivity contribution in [1.82, 2.24) is 0 Å². The number of hydrogen-bond donors (Lipinski definition) is 2. The Morgan fingerprint density at radius 3 is 2.79 bits per heavy atom. The van der Waals surface area contributed by atoms with Crippen LogP contribution in [0.1, 0.15) is 18.9 Å². The van der Waals surface area contributed by atoms with Crippen LogP contribution in [0.5, 0.6) is 0 Å². The third-order valence-corrected chi connectivity index (χ3v) is 3.04. The lowest BCUT2D eigenvalue weighted by molar-refractivity contribution is 0.787. The largest absolute Gasteiger partial charge is 0.397 e. The molecule has 1 aromatic carbocycles. The molecule has 2 rings (SSSR count). The summed E-state index contributed by atoms with van der Waals surface area (Å²) in [6.45, 7) is 5.42. The van der Waals surface area contributed by atoms with Gasteiger partial charge in [0.1, 0.15) is 0 Å². The second-order valence-corrected chi connectivity index (χ2v) is 4.44. The molecule has 1 fully saturated rings. The Balaban J connectivity index is 1.95. The fourth-order valence-electron chi connectivity index (χ4n) is 1.77. The van der Waals surface area contributed by atoms with Crippen molar-refractivity contribution in [3.8, 4) is 0 Å². The van der Waals surface area contributed by atoms with Crippen molar-refractivity contribution in [3.05, 3.63) is 23.8 Å². The molecule has 0 aromatic heterocycles. The van der Waals surface area contributed by atoms with Crippen molar-refractivity contribution < 1.29 is 0 Å². The molecule has 1 aliphatic rings. The minimum atomic E-state index is 0.857. The molecule has 0 radical (unpaired) electrons. The second-order valence-electron chi connectivity index (χ2n) is 4.44. The van der Waals surface area contributed by atoms with E-state index in [-0.39, 0.29) is 0 Å². The van der Waals surface area contributed by atoms with Crippen LogP contribution in [0.3, 0.4) is 0 Å². The molecule has 1 aliphatic carbocycles. The maximum Gasteiger partial charge on any atom is 0.0574 e. The molecule has 0 heterocycles. The predicted octanol–water partition coefficient (Wildman–Crippen LogP) is 2.65. The van der Waals surface area contributed by atoms with Crippen molar-refractivity contribution in [2.24, 2.45) is 11.8 Å². The zero-order chi connectivity index (χ0) is 10.1. The van der Waals surface area contributed by atoms with E-state index in [1.165, 1.54) is 12.0 Å². The van der Waals surface area contributed by atoms with Crippen molar-refractivity contribution in [2.75, 3.05) is 17.6 Å². The van der Waals surface area contributed by atoms with Crippen LogP contribution in [0.4, 0.5) is 11.4 Å². The van der Waals surface area contributed by atoms with Crippen LogP contribution in [0.25, 0.3) is 0 Å². The maximum absolute atomic E-state index is 5.90. The lowest BCUT2D eigenvalue weighted by Crippen LogP contribution is -2.06. The van der Waals surface area contributed by atoms with Gasteiger partial charge in [0.25, 0.3) is 0 Å². The topological polar surface area (TPSA) is 38.0 Å². The third kappa shape index (κ3) is 2.00. The summed E-state index contributed by atoms with van der Waals surface area (Å²) in [6, 6.07) is 6.17. The van der Waals surface area contributed by atoms with E-state index in [2.05, 4.69) is 31.3 Å². The van der Waals surface area contributed by atoms with Crippen LogP contribution in [-0.2, 0) is 0 Å². The Kier molecular flexibility index (Phi) is 2.36. The van der Waals surface area contributed by atoms with E-state index < -0.39 is 0 Å². The van der Waals surface area contributed by atoms with Crippen LogP contribution in [0.15, 0.2) is 18.2 Å². The lowest BCUT2D eigenvalue weighted by Gasteiger charge is -2.09. The van der Waals surface area contributed by atoms with Gasteiger partial charge in [-0.15, -0.1) is 0 Å². The third-order valence-electron chi connectivity index (χ3n) is 3.04. The molecule has 3 N–H and O–H groups in total. The molecule has 0 aliphatic heterocycles. The van der Waals surface area contributed by atoms with E-state index in [9.17, 15) is 0 Å². The molecule has 0 bridgehead atoms. The Hall–Kier alpha value is -1.18. The summed E-state index contributed by atoms with van der Waals surface area (Å²) in [5.74, 6) is 1.75. The van der Waals surface area contributed by atoms with Gasteiger partial charge in [-0.1, -0.05) is 13.0 Å². The normalized spacial score (nSPS) is 24.7. The molecular formula is C12H18N2. The minimum absolute atomic E-state index is 0.857. The summed E-state index contributed by atoms with van der Waals surface area (Å²) in [7, 11) is 0. The van der Waals surface area contributed by atoms with Gasteiger partial charge in [0.05, 0.1) is 11.4 Å². The average Bonchev–Trinajstić information content (AvgIpc) is 2.80. The Morgan fingerprint density at radius 1 is 1.50 bits per heavy atom. The smallest absolute Gasteiger partial charge is 0.0574 e. The first-order valence-electron chi connectivity index (χ1n) is 5.27. The first-order chi connectivity index (χ1) is 6.66. The van der Waals surface area contributed by atoms with E-state index in [1.54, 1.807) is 0 Å². The Morgan fingerprint density at radius 2 is 2.21 bits per heavy atom. The van der Waals surface area contributed by atoms with E-state index in [0.29, 0.717) is 0 Å². The lowest BCUT2D eigenvalue weighted by atomic mass is 10.2. The summed E-state index contributed by atoms with van der Waals surface area (Å²) in [6.07, 6.45) is 1.36. The quantitative estimate of drug-likeness (QED) is 0.719. The number of anilines is 2. The van der Waals surface area contributed by atoms with Gasteiger partial charge in [0.2, 0.25) is 0 Å². The monoisotopic (exact) mass is 190 g/mol. The Bertz CT molecular complexity index is 333. The van der Waals surface area contributed by atoms with Crippen LogP contribution >= 0.6 is 0 Å². The van der Waals surface area contributed by atoms with Gasteiger partial charge in [-0.25, -0.2) is 0 Å². The highest BCUT2D eigenvalue weighted by molar-refractivity contribution is 5.66. The zero-order valence-electron chi connectivity index (χ0n) is 8.88. The summed E-state index contributed by atoms with van der Waals surface area (Å²) >= 11 is 0. The average molecular weight is 190 g/mol. The van der Waals surface area contributed by atoms with Crippen molar-refractivity contribution in [3.63, 3.8) is 0 Å².